The van der Waals surface area contributed by atoms with E-state index in [-0.39, 0.29) is 11.5 Å². The predicted molar refractivity (Wildman–Crippen MR) is 95.2 cm³/mol. The summed E-state index contributed by atoms with van der Waals surface area (Å²) < 4.78 is 12.9. The molecular formula is C18H14ClFN4O. The van der Waals surface area contributed by atoms with E-state index in [0.717, 1.165) is 5.56 Å². The van der Waals surface area contributed by atoms with Crippen LogP contribution in [0.5, 0.6) is 0 Å². The molecule has 2 N–H and O–H groups in total. The fourth-order valence-corrected chi connectivity index (χ4v) is 2.31. The highest BCUT2D eigenvalue weighted by Gasteiger charge is 2.09. The average molecular weight is 357 g/mol. The number of carbonyl (C=O) groups excluding carboxylic acids is 1. The molecule has 0 saturated heterocycles. The Hall–Kier alpha value is -2.99. The van der Waals surface area contributed by atoms with Crippen LogP contribution in [0.2, 0.25) is 5.02 Å². The first-order valence-corrected chi connectivity index (χ1v) is 7.87. The van der Waals surface area contributed by atoms with Crippen LogP contribution < -0.4 is 10.6 Å². The Balaban J connectivity index is 1.60. The third-order valence-corrected chi connectivity index (χ3v) is 3.79. The fourth-order valence-electron chi connectivity index (χ4n) is 2.10. The predicted octanol–water partition coefficient (Wildman–Crippen LogP) is 4.13. The van der Waals surface area contributed by atoms with Crippen LogP contribution in [0, 0.1) is 5.82 Å². The largest absolute Gasteiger partial charge is 0.364 e. The molecule has 0 aliphatic rings. The Morgan fingerprint density at radius 1 is 1.00 bits per heavy atom. The first kappa shape index (κ1) is 16.9. The first-order chi connectivity index (χ1) is 12.1. The van der Waals surface area contributed by atoms with Crippen LogP contribution >= 0.6 is 11.6 Å². The van der Waals surface area contributed by atoms with Crippen LogP contribution in [0.15, 0.2) is 60.7 Å². The molecule has 0 aliphatic heterocycles. The van der Waals surface area contributed by atoms with E-state index in [1.807, 2.05) is 24.3 Å². The third-order valence-electron chi connectivity index (χ3n) is 3.42. The van der Waals surface area contributed by atoms with E-state index in [1.54, 1.807) is 12.1 Å². The van der Waals surface area contributed by atoms with Gasteiger partial charge in [0.05, 0.1) is 0 Å². The second kappa shape index (κ2) is 7.72. The summed E-state index contributed by atoms with van der Waals surface area (Å²) in [7, 11) is 0. The molecule has 0 spiro atoms. The highest BCUT2D eigenvalue weighted by molar-refractivity contribution is 6.31. The zero-order chi connectivity index (χ0) is 17.6. The lowest BCUT2D eigenvalue weighted by Crippen LogP contribution is -2.15. The van der Waals surface area contributed by atoms with Gasteiger partial charge in [0.15, 0.2) is 5.69 Å². The third kappa shape index (κ3) is 4.51. The maximum absolute atomic E-state index is 12.9. The minimum absolute atomic E-state index is 0.160. The van der Waals surface area contributed by atoms with Crippen molar-refractivity contribution in [1.29, 1.82) is 0 Å². The summed E-state index contributed by atoms with van der Waals surface area (Å²) in [6, 6.07) is 16.2. The number of hydrogen-bond donors (Lipinski definition) is 2. The van der Waals surface area contributed by atoms with Gasteiger partial charge in [-0.25, -0.2) is 4.39 Å². The van der Waals surface area contributed by atoms with Gasteiger partial charge in [-0.1, -0.05) is 29.8 Å². The summed E-state index contributed by atoms with van der Waals surface area (Å²) in [6.45, 7) is 0.496. The summed E-state index contributed by atoms with van der Waals surface area (Å²) in [5.41, 5.74) is 1.57. The molecule has 0 bridgehead atoms. The lowest BCUT2D eigenvalue weighted by atomic mass is 10.2. The molecule has 1 heterocycles. The zero-order valence-electron chi connectivity index (χ0n) is 13.0. The van der Waals surface area contributed by atoms with Crippen molar-refractivity contribution in [3.8, 4) is 0 Å². The fraction of sp³-hybridized carbons (Fsp3) is 0.0556. The number of nitrogens with zero attached hydrogens (tertiary/aromatic N) is 2. The first-order valence-electron chi connectivity index (χ1n) is 7.50. The van der Waals surface area contributed by atoms with Crippen molar-refractivity contribution in [3.05, 3.63) is 82.8 Å². The number of benzene rings is 2. The molecule has 0 aliphatic carbocycles. The number of amides is 1. The Kier molecular flexibility index (Phi) is 5.20. The second-order valence-corrected chi connectivity index (χ2v) is 5.62. The molecule has 126 valence electrons. The maximum Gasteiger partial charge on any atom is 0.276 e. The summed E-state index contributed by atoms with van der Waals surface area (Å²) in [6.07, 6.45) is 0. The molecule has 0 radical (unpaired) electrons. The van der Waals surface area contributed by atoms with Crippen LogP contribution in [0.4, 0.5) is 15.9 Å². The average Bonchev–Trinajstić information content (AvgIpc) is 2.63. The Morgan fingerprint density at radius 3 is 2.44 bits per heavy atom. The summed E-state index contributed by atoms with van der Waals surface area (Å²) in [5.74, 6) is -0.262. The van der Waals surface area contributed by atoms with E-state index in [4.69, 9.17) is 11.6 Å². The molecule has 3 rings (SSSR count). The molecule has 0 atom stereocenters. The van der Waals surface area contributed by atoms with E-state index in [0.29, 0.717) is 23.1 Å². The van der Waals surface area contributed by atoms with Crippen LogP contribution in [-0.4, -0.2) is 16.1 Å². The van der Waals surface area contributed by atoms with Gasteiger partial charge in [-0.3, -0.25) is 4.79 Å². The molecule has 0 saturated carbocycles. The standard InChI is InChI=1S/C18H14ClFN4O/c19-15-4-2-1-3-12(15)11-21-17-10-9-16(23-24-17)18(25)22-14-7-5-13(20)6-8-14/h1-10H,11H2,(H,21,24)(H,22,25). The van der Waals surface area contributed by atoms with Gasteiger partial charge in [0.25, 0.3) is 5.91 Å². The number of anilines is 2. The van der Waals surface area contributed by atoms with Crippen molar-refractivity contribution in [1.82, 2.24) is 10.2 Å². The minimum Gasteiger partial charge on any atom is -0.364 e. The summed E-state index contributed by atoms with van der Waals surface area (Å²) >= 11 is 6.09. The smallest absolute Gasteiger partial charge is 0.276 e. The SMILES string of the molecule is O=C(Nc1ccc(F)cc1)c1ccc(NCc2ccccc2Cl)nn1. The molecule has 0 fully saturated rings. The highest BCUT2D eigenvalue weighted by Crippen LogP contribution is 2.16. The molecular weight excluding hydrogens is 343 g/mol. The molecule has 7 heteroatoms. The van der Waals surface area contributed by atoms with Gasteiger partial charge < -0.3 is 10.6 Å². The number of carbonyl (C=O) groups is 1. The van der Waals surface area contributed by atoms with Gasteiger partial charge in [0.2, 0.25) is 0 Å². The Labute approximate surface area is 148 Å². The minimum atomic E-state index is -0.420. The van der Waals surface area contributed by atoms with Gasteiger partial charge in [0, 0.05) is 17.3 Å². The summed E-state index contributed by atoms with van der Waals surface area (Å²) in [4.78, 5) is 12.1. The quantitative estimate of drug-likeness (QED) is 0.721. The molecule has 1 aromatic heterocycles. The number of rotatable bonds is 5. The van der Waals surface area contributed by atoms with Gasteiger partial charge in [0.1, 0.15) is 11.6 Å². The number of aromatic nitrogens is 2. The van der Waals surface area contributed by atoms with E-state index in [1.165, 1.54) is 24.3 Å². The van der Waals surface area contributed by atoms with E-state index < -0.39 is 5.91 Å². The van der Waals surface area contributed by atoms with Crippen molar-refractivity contribution in [2.24, 2.45) is 0 Å². The number of halogens is 2. The lowest BCUT2D eigenvalue weighted by molar-refractivity contribution is 0.102. The topological polar surface area (TPSA) is 66.9 Å². The van der Waals surface area contributed by atoms with Crippen molar-refractivity contribution in [3.63, 3.8) is 0 Å². The van der Waals surface area contributed by atoms with Gasteiger partial charge in [-0.15, -0.1) is 10.2 Å². The van der Waals surface area contributed by atoms with Crippen molar-refractivity contribution < 1.29 is 9.18 Å². The van der Waals surface area contributed by atoms with Crippen molar-refractivity contribution in [2.75, 3.05) is 10.6 Å². The van der Waals surface area contributed by atoms with E-state index in [9.17, 15) is 9.18 Å². The zero-order valence-corrected chi connectivity index (χ0v) is 13.8. The maximum atomic E-state index is 12.9. The van der Waals surface area contributed by atoms with Gasteiger partial charge >= 0.3 is 0 Å². The van der Waals surface area contributed by atoms with Crippen LogP contribution in [0.1, 0.15) is 16.1 Å². The molecule has 25 heavy (non-hydrogen) atoms. The number of hydrogen-bond acceptors (Lipinski definition) is 4. The normalized spacial score (nSPS) is 10.3. The Bertz CT molecular complexity index is 869. The molecule has 0 unspecified atom stereocenters. The molecule has 3 aromatic rings. The van der Waals surface area contributed by atoms with Gasteiger partial charge in [-0.05, 0) is 48.0 Å². The van der Waals surface area contributed by atoms with E-state index in [2.05, 4.69) is 20.8 Å². The molecule has 1 amide bonds. The van der Waals surface area contributed by atoms with Crippen LogP contribution in [0.3, 0.4) is 0 Å². The number of nitrogens with one attached hydrogen (secondary N) is 2. The van der Waals surface area contributed by atoms with Crippen LogP contribution in [-0.2, 0) is 6.54 Å². The summed E-state index contributed by atoms with van der Waals surface area (Å²) in [5, 5.41) is 14.3. The molecule has 2 aromatic carbocycles. The molecule has 5 nitrogen and oxygen atoms in total. The Morgan fingerprint density at radius 2 is 1.76 bits per heavy atom. The lowest BCUT2D eigenvalue weighted by Gasteiger charge is -2.07. The van der Waals surface area contributed by atoms with Crippen LogP contribution in [0.25, 0.3) is 0 Å². The second-order valence-electron chi connectivity index (χ2n) is 5.21. The van der Waals surface area contributed by atoms with Crippen molar-refractivity contribution >= 4 is 29.0 Å². The van der Waals surface area contributed by atoms with Gasteiger partial charge in [-0.2, -0.15) is 0 Å². The monoisotopic (exact) mass is 356 g/mol. The van der Waals surface area contributed by atoms with E-state index >= 15 is 0 Å². The van der Waals surface area contributed by atoms with Crippen molar-refractivity contribution in [2.45, 2.75) is 6.54 Å². The highest BCUT2D eigenvalue weighted by atomic mass is 35.5.